The molecule has 0 atom stereocenters. The monoisotopic (exact) mass is 730 g/mol. The van der Waals surface area contributed by atoms with Crippen LogP contribution >= 0.6 is 11.8 Å². The van der Waals surface area contributed by atoms with Gasteiger partial charge in [-0.15, -0.1) is 0 Å². The second kappa shape index (κ2) is 13.2. The van der Waals surface area contributed by atoms with E-state index in [0.29, 0.717) is 5.82 Å². The van der Waals surface area contributed by atoms with Crippen LogP contribution in [-0.4, -0.2) is 9.97 Å². The van der Waals surface area contributed by atoms with E-state index in [1.54, 1.807) is 0 Å². The maximum atomic E-state index is 5.35. The zero-order valence-corrected chi connectivity index (χ0v) is 31.2. The number of rotatable bonds is 5. The second-order valence-corrected chi connectivity index (χ2v) is 15.6. The largest absolute Gasteiger partial charge is 0.228 e. The Hall–Kier alpha value is -6.81. The highest BCUT2D eigenvalue weighted by atomic mass is 32.2. The molecule has 2 aliphatic rings. The first-order valence-corrected chi connectivity index (χ1v) is 19.9. The van der Waals surface area contributed by atoms with Crippen LogP contribution in [-0.2, 0) is 5.41 Å². The maximum absolute atomic E-state index is 5.35. The molecule has 0 radical (unpaired) electrons. The Bertz CT molecular complexity index is 2770. The van der Waals surface area contributed by atoms with E-state index in [4.69, 9.17) is 9.97 Å². The summed E-state index contributed by atoms with van der Waals surface area (Å²) in [5, 5.41) is 0. The first-order valence-electron chi connectivity index (χ1n) is 19.1. The highest BCUT2D eigenvalue weighted by molar-refractivity contribution is 7.99. The number of benzene rings is 8. The topological polar surface area (TPSA) is 25.8 Å². The molecule has 9 aromatic rings. The Morgan fingerprint density at radius 2 is 0.732 bits per heavy atom. The third-order valence-corrected chi connectivity index (χ3v) is 12.6. The molecule has 0 fully saturated rings. The van der Waals surface area contributed by atoms with E-state index in [9.17, 15) is 0 Å². The lowest BCUT2D eigenvalue weighted by molar-refractivity contribution is 0.722. The molecule has 0 saturated carbocycles. The quantitative estimate of drug-likeness (QED) is 0.176. The lowest BCUT2D eigenvalue weighted by atomic mass is 9.67. The van der Waals surface area contributed by atoms with E-state index in [-0.39, 0.29) is 0 Å². The van der Waals surface area contributed by atoms with Crippen molar-refractivity contribution >= 4 is 11.8 Å². The summed E-state index contributed by atoms with van der Waals surface area (Å²) in [5.41, 5.74) is 17.0. The molecule has 11 rings (SSSR count). The first kappa shape index (κ1) is 32.6. The van der Waals surface area contributed by atoms with E-state index >= 15 is 0 Å². The zero-order chi connectivity index (χ0) is 37.1. The fourth-order valence-electron chi connectivity index (χ4n) is 8.79. The van der Waals surface area contributed by atoms with Gasteiger partial charge >= 0.3 is 0 Å². The van der Waals surface area contributed by atoms with Crippen molar-refractivity contribution in [1.29, 1.82) is 0 Å². The summed E-state index contributed by atoms with van der Waals surface area (Å²) in [4.78, 5) is 13.1. The number of aromatic nitrogens is 2. The molecule has 0 amide bonds. The summed E-state index contributed by atoms with van der Waals surface area (Å²) in [6.45, 7) is 0. The minimum Gasteiger partial charge on any atom is -0.228 e. The molecule has 0 N–H and O–H groups in total. The average molecular weight is 731 g/mol. The summed E-state index contributed by atoms with van der Waals surface area (Å²) in [6, 6.07) is 74.4. The normalized spacial score (nSPS) is 13.1. The molecular weight excluding hydrogens is 697 g/mol. The van der Waals surface area contributed by atoms with Crippen LogP contribution in [0.4, 0.5) is 0 Å². The van der Waals surface area contributed by atoms with Crippen LogP contribution in [0.5, 0.6) is 0 Å². The third kappa shape index (κ3) is 5.20. The minimum absolute atomic E-state index is 0.459. The summed E-state index contributed by atoms with van der Waals surface area (Å²) < 4.78 is 0. The van der Waals surface area contributed by atoms with E-state index in [0.717, 1.165) is 33.6 Å². The Morgan fingerprint density at radius 1 is 0.304 bits per heavy atom. The van der Waals surface area contributed by atoms with E-state index in [2.05, 4.69) is 206 Å². The van der Waals surface area contributed by atoms with Gasteiger partial charge in [-0.3, -0.25) is 0 Å². The van der Waals surface area contributed by atoms with Gasteiger partial charge in [0, 0.05) is 26.5 Å². The molecule has 1 aliphatic carbocycles. The van der Waals surface area contributed by atoms with Gasteiger partial charge in [-0.2, -0.15) is 0 Å². The molecular formula is C53H34N2S. The van der Waals surface area contributed by atoms with Crippen LogP contribution in [0.3, 0.4) is 0 Å². The Morgan fingerprint density at radius 3 is 1.34 bits per heavy atom. The van der Waals surface area contributed by atoms with Gasteiger partial charge in [-0.05, 0) is 79.9 Å². The van der Waals surface area contributed by atoms with Crippen molar-refractivity contribution in [3.63, 3.8) is 0 Å². The van der Waals surface area contributed by atoms with E-state index in [1.165, 1.54) is 59.9 Å². The number of fused-ring (bicyclic) bond motifs is 9. The molecule has 0 unspecified atom stereocenters. The number of hydrogen-bond donors (Lipinski definition) is 0. The van der Waals surface area contributed by atoms with Crippen molar-refractivity contribution in [2.75, 3.05) is 0 Å². The van der Waals surface area contributed by atoms with Gasteiger partial charge in [0.2, 0.25) is 0 Å². The molecule has 56 heavy (non-hydrogen) atoms. The van der Waals surface area contributed by atoms with Crippen molar-refractivity contribution in [1.82, 2.24) is 9.97 Å². The minimum atomic E-state index is -0.459. The zero-order valence-electron chi connectivity index (χ0n) is 30.4. The molecule has 0 bridgehead atoms. The van der Waals surface area contributed by atoms with Crippen molar-refractivity contribution in [3.05, 3.63) is 229 Å². The molecule has 1 aliphatic heterocycles. The van der Waals surface area contributed by atoms with Gasteiger partial charge in [0.1, 0.15) is 0 Å². The molecule has 262 valence electrons. The van der Waals surface area contributed by atoms with Gasteiger partial charge < -0.3 is 0 Å². The Balaban J connectivity index is 1.10. The van der Waals surface area contributed by atoms with Crippen LogP contribution in [0.25, 0.3) is 67.3 Å². The standard InChI is InChI=1S/C53H34N2S/c1-3-13-35(14-4-1)37-23-27-39(28-24-37)48-34-49(55-52(54-48)40-29-25-38(26-30-40)36-15-5-2-6-16-36)41-31-32-51-47(33-41)53(46-21-11-12-22-50(46)56-51)44-19-9-7-17-42(44)43-18-8-10-20-45(43)53/h1-34H. The lowest BCUT2D eigenvalue weighted by Crippen LogP contribution is -2.32. The second-order valence-electron chi connectivity index (χ2n) is 14.5. The van der Waals surface area contributed by atoms with Crippen molar-refractivity contribution in [2.45, 2.75) is 15.2 Å². The summed E-state index contributed by atoms with van der Waals surface area (Å²) in [7, 11) is 0. The first-order chi connectivity index (χ1) is 27.7. The molecule has 1 spiro atoms. The van der Waals surface area contributed by atoms with Gasteiger partial charge in [0.25, 0.3) is 0 Å². The van der Waals surface area contributed by atoms with Crippen molar-refractivity contribution in [3.8, 4) is 67.3 Å². The van der Waals surface area contributed by atoms with Crippen LogP contribution in [0, 0.1) is 0 Å². The molecule has 8 aromatic carbocycles. The Kier molecular flexibility index (Phi) is 7.68. The highest BCUT2D eigenvalue weighted by Gasteiger charge is 2.50. The molecule has 0 saturated heterocycles. The van der Waals surface area contributed by atoms with Gasteiger partial charge in [-0.1, -0.05) is 194 Å². The number of nitrogens with zero attached hydrogens (tertiary/aromatic N) is 2. The van der Waals surface area contributed by atoms with Crippen molar-refractivity contribution < 1.29 is 0 Å². The summed E-state index contributed by atoms with van der Waals surface area (Å²) >= 11 is 1.86. The lowest BCUT2D eigenvalue weighted by Gasteiger charge is -2.39. The maximum Gasteiger partial charge on any atom is 0.160 e. The molecule has 2 nitrogen and oxygen atoms in total. The Labute approximate surface area is 331 Å². The van der Waals surface area contributed by atoms with E-state index < -0.39 is 5.41 Å². The SMILES string of the molecule is c1ccc(-c2ccc(-c3cc(-c4ccc5c(c4)C4(c6ccccc6S5)c5ccccc5-c5ccccc54)nc(-c4ccc(-c5ccccc5)cc4)n3)cc2)cc1. The fourth-order valence-corrected chi connectivity index (χ4v) is 9.97. The van der Waals surface area contributed by atoms with Crippen LogP contribution in [0.15, 0.2) is 216 Å². The van der Waals surface area contributed by atoms with Crippen LogP contribution in [0.2, 0.25) is 0 Å². The fraction of sp³-hybridized carbons (Fsp3) is 0.0189. The average Bonchev–Trinajstić information content (AvgIpc) is 3.57. The predicted octanol–water partition coefficient (Wildman–Crippen LogP) is 13.6. The molecule has 3 heteroatoms. The highest BCUT2D eigenvalue weighted by Crippen LogP contribution is 2.62. The van der Waals surface area contributed by atoms with Gasteiger partial charge in [0.15, 0.2) is 5.82 Å². The van der Waals surface area contributed by atoms with Gasteiger partial charge in [-0.25, -0.2) is 9.97 Å². The van der Waals surface area contributed by atoms with Crippen molar-refractivity contribution in [2.24, 2.45) is 0 Å². The predicted molar refractivity (Wildman–Crippen MR) is 231 cm³/mol. The molecule has 1 aromatic heterocycles. The smallest absolute Gasteiger partial charge is 0.160 e. The van der Waals surface area contributed by atoms with Gasteiger partial charge in [0.05, 0.1) is 16.8 Å². The van der Waals surface area contributed by atoms with Crippen LogP contribution in [0.1, 0.15) is 22.3 Å². The molecule has 2 heterocycles. The van der Waals surface area contributed by atoms with Crippen LogP contribution < -0.4 is 0 Å². The van der Waals surface area contributed by atoms with E-state index in [1.807, 2.05) is 11.8 Å². The number of hydrogen-bond acceptors (Lipinski definition) is 3. The summed E-state index contributed by atoms with van der Waals surface area (Å²) in [5.74, 6) is 0.702. The summed E-state index contributed by atoms with van der Waals surface area (Å²) in [6.07, 6.45) is 0. The third-order valence-electron chi connectivity index (χ3n) is 11.4.